The number of hydrogen-bond acceptors (Lipinski definition) is 4. The van der Waals surface area contributed by atoms with Gasteiger partial charge in [0.05, 0.1) is 5.69 Å². The molecule has 1 aromatic heterocycles. The van der Waals surface area contributed by atoms with Gasteiger partial charge in [0.25, 0.3) is 0 Å². The second-order valence-corrected chi connectivity index (χ2v) is 7.71. The standard InChI is InChI=1S/C22H30N4/c1-18-23-12-9-22(24-18)19-7-6-8-21(17-19)26-15-10-20(11-16-26)25-13-4-2-3-5-14-25/h6-9,12,17,20H,2-5,10-11,13-16H2,1H3. The predicted molar refractivity (Wildman–Crippen MR) is 107 cm³/mol. The van der Waals surface area contributed by atoms with Crippen LogP contribution in [-0.4, -0.2) is 47.1 Å². The van der Waals surface area contributed by atoms with Gasteiger partial charge in [-0.1, -0.05) is 25.0 Å². The Balaban J connectivity index is 1.42. The Labute approximate surface area is 157 Å². The topological polar surface area (TPSA) is 32.3 Å². The van der Waals surface area contributed by atoms with Gasteiger partial charge in [0, 0.05) is 36.6 Å². The van der Waals surface area contributed by atoms with Gasteiger partial charge < -0.3 is 9.80 Å². The van der Waals surface area contributed by atoms with E-state index in [1.165, 1.54) is 62.9 Å². The molecule has 0 amide bonds. The first-order valence-electron chi connectivity index (χ1n) is 10.2. The molecular formula is C22H30N4. The molecule has 2 fully saturated rings. The fourth-order valence-electron chi connectivity index (χ4n) is 4.43. The Morgan fingerprint density at radius 1 is 0.923 bits per heavy atom. The van der Waals surface area contributed by atoms with Gasteiger partial charge >= 0.3 is 0 Å². The number of aryl methyl sites for hydroxylation is 1. The van der Waals surface area contributed by atoms with Crippen molar-refractivity contribution < 1.29 is 0 Å². The molecule has 0 bridgehead atoms. The Bertz CT molecular complexity index is 714. The molecule has 26 heavy (non-hydrogen) atoms. The first kappa shape index (κ1) is 17.5. The summed E-state index contributed by atoms with van der Waals surface area (Å²) < 4.78 is 0. The smallest absolute Gasteiger partial charge is 0.125 e. The van der Waals surface area contributed by atoms with Gasteiger partial charge in [-0.05, 0) is 63.9 Å². The number of piperidine rings is 1. The number of nitrogens with zero attached hydrogens (tertiary/aromatic N) is 4. The third-order valence-electron chi connectivity index (χ3n) is 5.90. The summed E-state index contributed by atoms with van der Waals surface area (Å²) in [5.41, 5.74) is 3.52. The highest BCUT2D eigenvalue weighted by Gasteiger charge is 2.25. The van der Waals surface area contributed by atoms with Crippen molar-refractivity contribution in [3.63, 3.8) is 0 Å². The van der Waals surface area contributed by atoms with Gasteiger partial charge in [-0.2, -0.15) is 0 Å². The van der Waals surface area contributed by atoms with Crippen LogP contribution in [0.5, 0.6) is 0 Å². The van der Waals surface area contributed by atoms with Crippen molar-refractivity contribution >= 4 is 5.69 Å². The molecule has 0 N–H and O–H groups in total. The van der Waals surface area contributed by atoms with Gasteiger partial charge in [-0.25, -0.2) is 9.97 Å². The molecule has 1 aromatic carbocycles. The zero-order valence-electron chi connectivity index (χ0n) is 15.9. The van der Waals surface area contributed by atoms with Gasteiger partial charge in [0.1, 0.15) is 5.82 Å². The van der Waals surface area contributed by atoms with Gasteiger partial charge in [-0.15, -0.1) is 0 Å². The average molecular weight is 351 g/mol. The SMILES string of the molecule is Cc1nccc(-c2cccc(N3CCC(N4CCCCCC4)CC3)c2)n1. The maximum absolute atomic E-state index is 4.58. The molecule has 4 heteroatoms. The van der Waals surface area contributed by atoms with Crippen LogP contribution in [0.15, 0.2) is 36.5 Å². The van der Waals surface area contributed by atoms with Crippen molar-refractivity contribution in [2.45, 2.75) is 51.5 Å². The lowest BCUT2D eigenvalue weighted by atomic mass is 10.0. The van der Waals surface area contributed by atoms with Crippen LogP contribution in [0.2, 0.25) is 0 Å². The lowest BCUT2D eigenvalue weighted by Crippen LogP contribution is -2.45. The maximum atomic E-state index is 4.58. The zero-order chi connectivity index (χ0) is 17.8. The molecular weight excluding hydrogens is 320 g/mol. The van der Waals surface area contributed by atoms with Crippen LogP contribution < -0.4 is 4.90 Å². The number of benzene rings is 1. The molecule has 0 saturated carbocycles. The Hall–Kier alpha value is -1.94. The lowest BCUT2D eigenvalue weighted by Gasteiger charge is -2.39. The van der Waals surface area contributed by atoms with E-state index in [4.69, 9.17) is 0 Å². The molecule has 4 rings (SSSR count). The van der Waals surface area contributed by atoms with Crippen molar-refractivity contribution in [3.8, 4) is 11.3 Å². The molecule has 0 aliphatic carbocycles. The van der Waals surface area contributed by atoms with Crippen molar-refractivity contribution in [3.05, 3.63) is 42.4 Å². The second kappa shape index (κ2) is 8.17. The summed E-state index contributed by atoms with van der Waals surface area (Å²) in [6.45, 7) is 6.89. The van der Waals surface area contributed by atoms with E-state index in [1.807, 2.05) is 19.2 Å². The first-order chi connectivity index (χ1) is 12.8. The maximum Gasteiger partial charge on any atom is 0.125 e. The van der Waals surface area contributed by atoms with Crippen molar-refractivity contribution in [1.82, 2.24) is 14.9 Å². The van der Waals surface area contributed by atoms with Gasteiger partial charge in [0.15, 0.2) is 0 Å². The van der Waals surface area contributed by atoms with E-state index < -0.39 is 0 Å². The molecule has 2 aromatic rings. The Morgan fingerprint density at radius 3 is 2.42 bits per heavy atom. The zero-order valence-corrected chi connectivity index (χ0v) is 15.9. The molecule has 2 aliphatic rings. The summed E-state index contributed by atoms with van der Waals surface area (Å²) >= 11 is 0. The minimum Gasteiger partial charge on any atom is -0.371 e. The summed E-state index contributed by atoms with van der Waals surface area (Å²) in [4.78, 5) is 14.1. The van der Waals surface area contributed by atoms with Gasteiger partial charge in [0.2, 0.25) is 0 Å². The van der Waals surface area contributed by atoms with E-state index in [2.05, 4.69) is 44.0 Å². The normalized spacial score (nSPS) is 20.1. The molecule has 2 aliphatic heterocycles. The highest BCUT2D eigenvalue weighted by atomic mass is 15.2. The highest BCUT2D eigenvalue weighted by molar-refractivity contribution is 5.65. The van der Waals surface area contributed by atoms with E-state index in [0.29, 0.717) is 0 Å². The molecule has 3 heterocycles. The number of rotatable bonds is 3. The summed E-state index contributed by atoms with van der Waals surface area (Å²) in [5.74, 6) is 0.825. The van der Waals surface area contributed by atoms with E-state index in [-0.39, 0.29) is 0 Å². The van der Waals surface area contributed by atoms with E-state index in [0.717, 1.165) is 30.6 Å². The van der Waals surface area contributed by atoms with Crippen molar-refractivity contribution in [1.29, 1.82) is 0 Å². The number of hydrogen-bond donors (Lipinski definition) is 0. The van der Waals surface area contributed by atoms with Crippen LogP contribution >= 0.6 is 0 Å². The predicted octanol–water partition coefficient (Wildman–Crippen LogP) is 4.30. The molecule has 4 nitrogen and oxygen atoms in total. The minimum atomic E-state index is 0.789. The quantitative estimate of drug-likeness (QED) is 0.826. The van der Waals surface area contributed by atoms with Crippen molar-refractivity contribution in [2.24, 2.45) is 0 Å². The van der Waals surface area contributed by atoms with Crippen LogP contribution in [0, 0.1) is 6.92 Å². The second-order valence-electron chi connectivity index (χ2n) is 7.71. The van der Waals surface area contributed by atoms with Crippen LogP contribution in [0.1, 0.15) is 44.3 Å². The number of likely N-dealkylation sites (tertiary alicyclic amines) is 1. The van der Waals surface area contributed by atoms with E-state index in [9.17, 15) is 0 Å². The minimum absolute atomic E-state index is 0.789. The average Bonchev–Trinajstić information content (AvgIpc) is 2.98. The van der Waals surface area contributed by atoms with Crippen molar-refractivity contribution in [2.75, 3.05) is 31.1 Å². The fourth-order valence-corrected chi connectivity index (χ4v) is 4.43. The van der Waals surface area contributed by atoms with Crippen LogP contribution in [0.3, 0.4) is 0 Å². The third-order valence-corrected chi connectivity index (χ3v) is 5.90. The number of anilines is 1. The third kappa shape index (κ3) is 4.07. The van der Waals surface area contributed by atoms with Crippen LogP contribution in [-0.2, 0) is 0 Å². The summed E-state index contributed by atoms with van der Waals surface area (Å²) in [7, 11) is 0. The summed E-state index contributed by atoms with van der Waals surface area (Å²) in [5, 5.41) is 0. The molecule has 0 unspecified atom stereocenters. The van der Waals surface area contributed by atoms with Crippen LogP contribution in [0.4, 0.5) is 5.69 Å². The van der Waals surface area contributed by atoms with Gasteiger partial charge in [-0.3, -0.25) is 0 Å². The Kier molecular flexibility index (Phi) is 5.49. The molecule has 0 spiro atoms. The number of aromatic nitrogens is 2. The van der Waals surface area contributed by atoms with Crippen LogP contribution in [0.25, 0.3) is 11.3 Å². The largest absolute Gasteiger partial charge is 0.371 e. The molecule has 0 atom stereocenters. The Morgan fingerprint density at radius 2 is 1.69 bits per heavy atom. The molecule has 0 radical (unpaired) electrons. The highest BCUT2D eigenvalue weighted by Crippen LogP contribution is 2.27. The lowest BCUT2D eigenvalue weighted by molar-refractivity contribution is 0.175. The molecule has 138 valence electrons. The fraction of sp³-hybridized carbons (Fsp3) is 0.545. The van der Waals surface area contributed by atoms with E-state index >= 15 is 0 Å². The summed E-state index contributed by atoms with van der Waals surface area (Å²) in [6.07, 6.45) is 10.0. The monoisotopic (exact) mass is 350 g/mol. The summed E-state index contributed by atoms with van der Waals surface area (Å²) in [6, 6.07) is 11.6. The first-order valence-corrected chi connectivity index (χ1v) is 10.2. The molecule has 2 saturated heterocycles. The van der Waals surface area contributed by atoms with E-state index in [1.54, 1.807) is 0 Å².